The number of rotatable bonds is 0. The minimum absolute atomic E-state index is 1.25. The van der Waals surface area contributed by atoms with Crippen LogP contribution in [-0.2, 0) is 4.46 Å². The van der Waals surface area contributed by atoms with Crippen molar-refractivity contribution in [2.45, 2.75) is 0 Å². The molecule has 0 radical (unpaired) electrons. The summed E-state index contributed by atoms with van der Waals surface area (Å²) in [7, 11) is -3.13. The maximum absolute atomic E-state index is 8.74. The van der Waals surface area contributed by atoms with Crippen molar-refractivity contribution in [1.29, 1.82) is 0 Å². The number of nitrogens with zero attached hydrogens (tertiary/aromatic N) is 1. The van der Waals surface area contributed by atoms with Gasteiger partial charge in [-0.05, 0) is 0 Å². The highest BCUT2D eigenvalue weighted by molar-refractivity contribution is 6.22. The summed E-state index contributed by atoms with van der Waals surface area (Å²) in [6, 6.07) is 0. The molecule has 0 aromatic rings. The van der Waals surface area contributed by atoms with E-state index in [9.17, 15) is 0 Å². The lowest BCUT2D eigenvalue weighted by Gasteiger charge is -1.55. The van der Waals surface area contributed by atoms with Crippen molar-refractivity contribution in [3.8, 4) is 0 Å². The first kappa shape index (κ1) is 9.39. The van der Waals surface area contributed by atoms with Crippen molar-refractivity contribution in [2.24, 2.45) is 5.34 Å². The lowest BCUT2D eigenvalue weighted by atomic mass is 13.4. The minimum atomic E-state index is -3.13. The molecular formula is H3NO5Si. The molecule has 7 heavy (non-hydrogen) atoms. The van der Waals surface area contributed by atoms with Crippen LogP contribution in [0.5, 0.6) is 0 Å². The van der Waals surface area contributed by atoms with E-state index < -0.39 is 9.17 Å². The van der Waals surface area contributed by atoms with Gasteiger partial charge in [-0.2, -0.15) is 0 Å². The highest BCUT2D eigenvalue weighted by Crippen LogP contribution is 1.27. The molecule has 0 atom stereocenters. The van der Waals surface area contributed by atoms with Crippen molar-refractivity contribution >= 4 is 9.17 Å². The molecule has 0 aromatic heterocycles. The molecular weight excluding hydrogens is 122 g/mol. The summed E-state index contributed by atoms with van der Waals surface area (Å²) in [5, 5.41) is 7.89. The average Bonchev–Trinajstić information content (AvgIpc) is 1.33. The Hall–Kier alpha value is -0.983. The second-order valence-electron chi connectivity index (χ2n) is 0.364. The zero-order valence-corrected chi connectivity index (χ0v) is 4.11. The fourth-order valence-corrected chi connectivity index (χ4v) is 0. The highest BCUT2D eigenvalue weighted by atomic mass is 28.3. The summed E-state index contributed by atoms with van der Waals surface area (Å²) in [4.78, 5) is 22.4. The van der Waals surface area contributed by atoms with E-state index in [1.54, 1.807) is 0 Å². The Labute approximate surface area is 39.9 Å². The van der Waals surface area contributed by atoms with Crippen LogP contribution < -0.4 is 0 Å². The minimum Gasteiger partial charge on any atom is -0.511 e. The van der Waals surface area contributed by atoms with Crippen molar-refractivity contribution in [1.82, 2.24) is 0 Å². The fraction of sp³-hybridized carbons (Fsp3) is 0. The quantitative estimate of drug-likeness (QED) is 0.208. The van der Waals surface area contributed by atoms with Crippen molar-refractivity contribution in [3.63, 3.8) is 0 Å². The zero-order chi connectivity index (χ0) is 6.28. The summed E-state index contributed by atoms with van der Waals surface area (Å²) in [5.41, 5.74) is 0. The van der Waals surface area contributed by atoms with Crippen LogP contribution in [0.1, 0.15) is 0 Å². The standard InChI is InChI=1S/HNO2.H2O3Si/c2-1-3;1-4(2)3/h(H,2,3);1-2H. The smallest absolute Gasteiger partial charge is 0.511 e. The topological polar surface area (TPSA) is 107 Å². The van der Waals surface area contributed by atoms with Crippen LogP contribution in [0, 0.1) is 4.91 Å². The Morgan fingerprint density at radius 2 is 1.43 bits per heavy atom. The molecule has 0 amide bonds. The summed E-state index contributed by atoms with van der Waals surface area (Å²) in [6.45, 7) is 0. The van der Waals surface area contributed by atoms with Crippen LogP contribution in [0.25, 0.3) is 0 Å². The van der Waals surface area contributed by atoms with Crippen molar-refractivity contribution < 1.29 is 19.3 Å². The lowest BCUT2D eigenvalue weighted by molar-refractivity contribution is 0.312. The van der Waals surface area contributed by atoms with E-state index in [0.717, 1.165) is 0 Å². The highest BCUT2D eigenvalue weighted by Gasteiger charge is 1.85. The first-order valence-corrected chi connectivity index (χ1v) is 2.34. The largest absolute Gasteiger partial charge is 0.761 e. The molecule has 0 aromatic carbocycles. The van der Waals surface area contributed by atoms with Crippen LogP contribution >= 0.6 is 0 Å². The Morgan fingerprint density at radius 1 is 1.43 bits per heavy atom. The normalized spacial score (nSPS) is 5.14. The molecule has 0 bridgehead atoms. The van der Waals surface area contributed by atoms with E-state index in [1.165, 1.54) is 5.34 Å². The van der Waals surface area contributed by atoms with Crippen molar-refractivity contribution in [2.75, 3.05) is 0 Å². The molecule has 0 heterocycles. The van der Waals surface area contributed by atoms with Crippen LogP contribution in [0.15, 0.2) is 5.34 Å². The van der Waals surface area contributed by atoms with Gasteiger partial charge in [-0.1, -0.05) is 0 Å². The molecule has 0 aliphatic carbocycles. The lowest BCUT2D eigenvalue weighted by Crippen LogP contribution is -1.90. The maximum Gasteiger partial charge on any atom is 0.761 e. The molecule has 0 rings (SSSR count). The summed E-state index contributed by atoms with van der Waals surface area (Å²) in [6.07, 6.45) is 0. The molecule has 3 N–H and O–H groups in total. The predicted octanol–water partition coefficient (Wildman–Crippen LogP) is -1.47. The van der Waals surface area contributed by atoms with E-state index in [0.29, 0.717) is 0 Å². The Balaban J connectivity index is 0. The Kier molecular flexibility index (Phi) is 11.9. The molecule has 6 nitrogen and oxygen atoms in total. The molecule has 7 heteroatoms. The molecule has 0 fully saturated rings. The molecule has 0 unspecified atom stereocenters. The molecule has 0 spiro atoms. The van der Waals surface area contributed by atoms with Crippen LogP contribution in [0.2, 0.25) is 0 Å². The zero-order valence-electron chi connectivity index (χ0n) is 3.11. The van der Waals surface area contributed by atoms with Crippen LogP contribution in [0.4, 0.5) is 0 Å². The molecule has 0 aliphatic rings. The fourth-order valence-electron chi connectivity index (χ4n) is 0. The average molecular weight is 125 g/mol. The monoisotopic (exact) mass is 125 g/mol. The van der Waals surface area contributed by atoms with E-state index in [1.807, 2.05) is 0 Å². The molecule has 0 saturated heterocycles. The third-order valence-electron chi connectivity index (χ3n) is 0. The van der Waals surface area contributed by atoms with Crippen LogP contribution in [-0.4, -0.2) is 24.0 Å². The van der Waals surface area contributed by atoms with Gasteiger partial charge in [0.15, 0.2) is 5.34 Å². The van der Waals surface area contributed by atoms with Gasteiger partial charge in [0.1, 0.15) is 0 Å². The van der Waals surface area contributed by atoms with Gasteiger partial charge < -0.3 is 14.8 Å². The van der Waals surface area contributed by atoms with E-state index >= 15 is 0 Å². The summed E-state index contributed by atoms with van der Waals surface area (Å²) < 4.78 is 8.74. The van der Waals surface area contributed by atoms with Gasteiger partial charge in [-0.25, -0.2) is 0 Å². The van der Waals surface area contributed by atoms with E-state index in [2.05, 4.69) is 0 Å². The van der Waals surface area contributed by atoms with Gasteiger partial charge in [0.05, 0.1) is 0 Å². The molecule has 42 valence electrons. The van der Waals surface area contributed by atoms with E-state index in [-0.39, 0.29) is 0 Å². The second kappa shape index (κ2) is 8.89. The molecule has 0 aliphatic heterocycles. The van der Waals surface area contributed by atoms with Crippen molar-refractivity contribution in [3.05, 3.63) is 4.91 Å². The first-order valence-electron chi connectivity index (χ1n) is 1.03. The predicted molar refractivity (Wildman–Crippen MR) is 18.5 cm³/mol. The molecule has 0 saturated carbocycles. The van der Waals surface area contributed by atoms with Gasteiger partial charge in [-0.15, -0.1) is 4.91 Å². The van der Waals surface area contributed by atoms with Crippen LogP contribution in [0.3, 0.4) is 0 Å². The van der Waals surface area contributed by atoms with E-state index in [4.69, 9.17) is 24.2 Å². The van der Waals surface area contributed by atoms with Gasteiger partial charge in [0, 0.05) is 0 Å². The third kappa shape index (κ3) is 47.2. The Bertz CT molecular complexity index is 55.1. The van der Waals surface area contributed by atoms with Gasteiger partial charge >= 0.3 is 9.17 Å². The maximum atomic E-state index is 8.74. The summed E-state index contributed by atoms with van der Waals surface area (Å²) >= 11 is 0. The first-order chi connectivity index (χ1) is 3.15. The number of hydrogen-bond acceptors (Lipinski definition) is 3. The third-order valence-corrected chi connectivity index (χ3v) is 0. The van der Waals surface area contributed by atoms with Gasteiger partial charge in [-0.3, -0.25) is 4.46 Å². The summed E-state index contributed by atoms with van der Waals surface area (Å²) in [5.74, 6) is 0. The second-order valence-corrected chi connectivity index (χ2v) is 0.929. The SMILES string of the molecule is O=NO.O=[Si](O)O. The number of hydrogen-bond donors (Lipinski definition) is 3. The Morgan fingerprint density at radius 3 is 1.43 bits per heavy atom. The van der Waals surface area contributed by atoms with Gasteiger partial charge in [0.2, 0.25) is 0 Å². The van der Waals surface area contributed by atoms with Gasteiger partial charge in [0.25, 0.3) is 0 Å².